The SMILES string of the molecule is CC1(C)CC(CN)(N2CCCC2C2CCCC2)C(C)(C)O1. The number of hydrogen-bond donors (Lipinski definition) is 1. The highest BCUT2D eigenvalue weighted by atomic mass is 16.5. The van der Waals surface area contributed by atoms with E-state index in [1.54, 1.807) is 0 Å². The Balaban J connectivity index is 1.91. The van der Waals surface area contributed by atoms with Crippen molar-refractivity contribution in [3.8, 4) is 0 Å². The van der Waals surface area contributed by atoms with Crippen LogP contribution in [-0.2, 0) is 4.74 Å². The predicted octanol–water partition coefficient (Wildman–Crippen LogP) is 3.32. The Morgan fingerprint density at radius 2 is 1.71 bits per heavy atom. The van der Waals surface area contributed by atoms with Crippen molar-refractivity contribution in [2.24, 2.45) is 11.7 Å². The van der Waals surface area contributed by atoms with E-state index in [-0.39, 0.29) is 16.7 Å². The van der Waals surface area contributed by atoms with Crippen LogP contribution >= 0.6 is 0 Å². The average Bonchev–Trinajstić information content (AvgIpc) is 3.06. The van der Waals surface area contributed by atoms with Crippen LogP contribution in [0.3, 0.4) is 0 Å². The Bertz CT molecular complexity index is 387. The van der Waals surface area contributed by atoms with Crippen LogP contribution in [0.4, 0.5) is 0 Å². The highest BCUT2D eigenvalue weighted by molar-refractivity contribution is 5.15. The first-order chi connectivity index (χ1) is 9.81. The summed E-state index contributed by atoms with van der Waals surface area (Å²) >= 11 is 0. The van der Waals surface area contributed by atoms with Gasteiger partial charge in [-0.3, -0.25) is 4.90 Å². The maximum atomic E-state index is 6.44. The lowest BCUT2D eigenvalue weighted by atomic mass is 9.76. The Morgan fingerprint density at radius 1 is 1.05 bits per heavy atom. The minimum atomic E-state index is -0.160. The van der Waals surface area contributed by atoms with Crippen molar-refractivity contribution in [3.63, 3.8) is 0 Å². The molecule has 3 heteroatoms. The van der Waals surface area contributed by atoms with E-state index in [2.05, 4.69) is 32.6 Å². The van der Waals surface area contributed by atoms with E-state index in [9.17, 15) is 0 Å². The molecule has 122 valence electrons. The predicted molar refractivity (Wildman–Crippen MR) is 87.3 cm³/mol. The minimum Gasteiger partial charge on any atom is -0.368 e. The van der Waals surface area contributed by atoms with E-state index >= 15 is 0 Å². The maximum Gasteiger partial charge on any atom is 0.0830 e. The highest BCUT2D eigenvalue weighted by Gasteiger charge is 2.61. The van der Waals surface area contributed by atoms with Crippen molar-refractivity contribution in [2.45, 2.75) is 95.4 Å². The quantitative estimate of drug-likeness (QED) is 0.868. The van der Waals surface area contributed by atoms with E-state index in [1.165, 1.54) is 45.1 Å². The van der Waals surface area contributed by atoms with Crippen molar-refractivity contribution in [1.82, 2.24) is 4.90 Å². The molecule has 0 bridgehead atoms. The van der Waals surface area contributed by atoms with Gasteiger partial charge < -0.3 is 10.5 Å². The fourth-order valence-corrected chi connectivity index (χ4v) is 5.78. The zero-order valence-electron chi connectivity index (χ0n) is 14.5. The van der Waals surface area contributed by atoms with Crippen LogP contribution in [0.25, 0.3) is 0 Å². The van der Waals surface area contributed by atoms with Gasteiger partial charge in [0, 0.05) is 12.6 Å². The molecule has 0 aromatic rings. The van der Waals surface area contributed by atoms with Gasteiger partial charge in [-0.1, -0.05) is 12.8 Å². The molecule has 2 N–H and O–H groups in total. The van der Waals surface area contributed by atoms with Crippen LogP contribution in [0.15, 0.2) is 0 Å². The number of likely N-dealkylation sites (tertiary alicyclic amines) is 1. The molecular formula is C18H34N2O. The van der Waals surface area contributed by atoms with Gasteiger partial charge in [0.05, 0.1) is 16.7 Å². The zero-order chi connectivity index (χ0) is 15.3. The fraction of sp³-hybridized carbons (Fsp3) is 1.00. The molecule has 2 aliphatic heterocycles. The Labute approximate surface area is 130 Å². The molecule has 2 saturated heterocycles. The molecule has 0 radical (unpaired) electrons. The summed E-state index contributed by atoms with van der Waals surface area (Å²) in [4.78, 5) is 2.79. The normalized spacial score (nSPS) is 40.1. The molecular weight excluding hydrogens is 260 g/mol. The van der Waals surface area contributed by atoms with Crippen molar-refractivity contribution in [1.29, 1.82) is 0 Å². The van der Waals surface area contributed by atoms with Gasteiger partial charge in [0.15, 0.2) is 0 Å². The minimum absolute atomic E-state index is 0.0141. The molecule has 2 unspecified atom stereocenters. The van der Waals surface area contributed by atoms with E-state index in [1.807, 2.05) is 0 Å². The molecule has 0 aromatic carbocycles. The second kappa shape index (κ2) is 5.21. The first-order valence-electron chi connectivity index (χ1n) is 8.98. The number of nitrogens with zero attached hydrogens (tertiary/aromatic N) is 1. The van der Waals surface area contributed by atoms with Gasteiger partial charge in [-0.25, -0.2) is 0 Å². The standard InChI is InChI=1S/C18H34N2O/c1-16(2)12-18(13-19,17(3,4)21-16)20-11-7-10-15(20)14-8-5-6-9-14/h14-15H,5-13,19H2,1-4H3. The van der Waals surface area contributed by atoms with Crippen molar-refractivity contribution >= 4 is 0 Å². The van der Waals surface area contributed by atoms with Gasteiger partial charge in [-0.2, -0.15) is 0 Å². The lowest BCUT2D eigenvalue weighted by Gasteiger charge is -2.50. The molecule has 3 aliphatic rings. The van der Waals surface area contributed by atoms with Crippen LogP contribution in [-0.4, -0.2) is 40.8 Å². The molecule has 0 amide bonds. The lowest BCUT2D eigenvalue weighted by Crippen LogP contribution is -2.65. The fourth-order valence-electron chi connectivity index (χ4n) is 5.78. The molecule has 2 heterocycles. The van der Waals surface area contributed by atoms with Gasteiger partial charge in [0.1, 0.15) is 0 Å². The third-order valence-electron chi connectivity index (χ3n) is 6.50. The van der Waals surface area contributed by atoms with Crippen molar-refractivity contribution in [2.75, 3.05) is 13.1 Å². The monoisotopic (exact) mass is 294 g/mol. The molecule has 1 saturated carbocycles. The summed E-state index contributed by atoms with van der Waals surface area (Å²) < 4.78 is 6.44. The van der Waals surface area contributed by atoms with E-state index in [0.29, 0.717) is 6.54 Å². The summed E-state index contributed by atoms with van der Waals surface area (Å²) in [6.45, 7) is 10.9. The van der Waals surface area contributed by atoms with Gasteiger partial charge in [0.2, 0.25) is 0 Å². The third-order valence-corrected chi connectivity index (χ3v) is 6.50. The van der Waals surface area contributed by atoms with Gasteiger partial charge in [-0.05, 0) is 72.3 Å². The number of nitrogens with two attached hydrogens (primary N) is 1. The van der Waals surface area contributed by atoms with Gasteiger partial charge in [0.25, 0.3) is 0 Å². The summed E-state index contributed by atoms with van der Waals surface area (Å²) in [6, 6.07) is 0.743. The molecule has 1 aliphatic carbocycles. The number of ether oxygens (including phenoxy) is 1. The second-order valence-electron chi connectivity index (χ2n) is 8.73. The van der Waals surface area contributed by atoms with Gasteiger partial charge >= 0.3 is 0 Å². The molecule has 21 heavy (non-hydrogen) atoms. The number of hydrogen-bond acceptors (Lipinski definition) is 3. The third kappa shape index (κ3) is 2.46. The maximum absolute atomic E-state index is 6.44. The molecule has 0 aromatic heterocycles. The molecule has 3 nitrogen and oxygen atoms in total. The van der Waals surface area contributed by atoms with Crippen molar-refractivity contribution in [3.05, 3.63) is 0 Å². The molecule has 3 fully saturated rings. The lowest BCUT2D eigenvalue weighted by molar-refractivity contribution is -0.109. The van der Waals surface area contributed by atoms with Crippen LogP contribution in [0.5, 0.6) is 0 Å². The van der Waals surface area contributed by atoms with Crippen molar-refractivity contribution < 1.29 is 4.74 Å². The van der Waals surface area contributed by atoms with Crippen LogP contribution in [0.2, 0.25) is 0 Å². The van der Waals surface area contributed by atoms with E-state index in [4.69, 9.17) is 10.5 Å². The van der Waals surface area contributed by atoms with Crippen LogP contribution in [0.1, 0.15) is 72.6 Å². The average molecular weight is 294 g/mol. The Kier molecular flexibility index (Phi) is 3.91. The summed E-state index contributed by atoms with van der Waals surface area (Å²) in [6.07, 6.45) is 9.46. The first kappa shape index (κ1) is 15.8. The summed E-state index contributed by atoms with van der Waals surface area (Å²) in [5.41, 5.74) is 6.17. The Morgan fingerprint density at radius 3 is 2.24 bits per heavy atom. The topological polar surface area (TPSA) is 38.5 Å². The Hall–Kier alpha value is -0.120. The second-order valence-corrected chi connectivity index (χ2v) is 8.73. The zero-order valence-corrected chi connectivity index (χ0v) is 14.5. The van der Waals surface area contributed by atoms with Crippen LogP contribution in [0, 0.1) is 5.92 Å². The first-order valence-corrected chi connectivity index (χ1v) is 8.98. The summed E-state index contributed by atoms with van der Waals surface area (Å²) in [5, 5.41) is 0. The molecule has 2 atom stereocenters. The molecule has 0 spiro atoms. The largest absolute Gasteiger partial charge is 0.368 e. The highest BCUT2D eigenvalue weighted by Crippen LogP contribution is 2.51. The van der Waals surface area contributed by atoms with E-state index in [0.717, 1.165) is 18.4 Å². The van der Waals surface area contributed by atoms with E-state index < -0.39 is 0 Å². The number of rotatable bonds is 3. The molecule has 3 rings (SSSR count). The summed E-state index contributed by atoms with van der Waals surface area (Å²) in [7, 11) is 0. The smallest absolute Gasteiger partial charge is 0.0830 e. The van der Waals surface area contributed by atoms with Gasteiger partial charge in [-0.15, -0.1) is 0 Å². The van der Waals surface area contributed by atoms with Crippen LogP contribution < -0.4 is 5.73 Å². The summed E-state index contributed by atoms with van der Waals surface area (Å²) in [5.74, 6) is 0.899.